The van der Waals surface area contributed by atoms with Gasteiger partial charge in [-0.25, -0.2) is 23.4 Å². The van der Waals surface area contributed by atoms with Gasteiger partial charge in [0.15, 0.2) is 5.69 Å². The van der Waals surface area contributed by atoms with Gasteiger partial charge in [-0.3, -0.25) is 0 Å². The molecule has 2 aromatic carbocycles. The van der Waals surface area contributed by atoms with E-state index in [2.05, 4.69) is 31.2 Å². The summed E-state index contributed by atoms with van der Waals surface area (Å²) in [5.74, 6) is -0.827. The Morgan fingerprint density at radius 3 is 1.83 bits per heavy atom. The van der Waals surface area contributed by atoms with Crippen molar-refractivity contribution in [2.24, 2.45) is 0 Å². The maximum atomic E-state index is 11.4. The summed E-state index contributed by atoms with van der Waals surface area (Å²) in [4.78, 5) is 11.4. The lowest BCUT2D eigenvalue weighted by Crippen LogP contribution is -2.68. The molecule has 3 rings (SSSR count). The number of carboxylic acids is 1. The topological polar surface area (TPSA) is 133 Å². The molecule has 0 bridgehead atoms. The molecule has 0 saturated heterocycles. The Hall–Kier alpha value is -2.81. The molecule has 8 heteroatoms. The van der Waals surface area contributed by atoms with Crippen LogP contribution in [0.1, 0.15) is 19.0 Å². The lowest BCUT2D eigenvalue weighted by molar-refractivity contribution is -2.00. The Morgan fingerprint density at radius 1 is 0.867 bits per heavy atom. The summed E-state index contributed by atoms with van der Waals surface area (Å²) in [6.07, 6.45) is 1.81. The summed E-state index contributed by atoms with van der Waals surface area (Å²) in [5, 5.41) is 9.40. The molecule has 0 amide bonds. The van der Waals surface area contributed by atoms with Gasteiger partial charge < -0.3 is 5.11 Å². The zero-order valence-electron chi connectivity index (χ0n) is 16.4. The molecular formula is C22H22ClNO6. The van der Waals surface area contributed by atoms with E-state index in [0.717, 1.165) is 40.9 Å². The fraction of sp³-hybridized carbons (Fsp3) is 0.182. The van der Waals surface area contributed by atoms with Crippen molar-refractivity contribution in [1.82, 2.24) is 0 Å². The summed E-state index contributed by atoms with van der Waals surface area (Å²) in [5.41, 5.74) is 5.26. The van der Waals surface area contributed by atoms with E-state index in [1.807, 2.05) is 53.1 Å². The minimum Gasteiger partial charge on any atom is -0.477 e. The summed E-state index contributed by atoms with van der Waals surface area (Å²) >= 11 is 0. The van der Waals surface area contributed by atoms with Crippen molar-refractivity contribution in [2.45, 2.75) is 26.3 Å². The van der Waals surface area contributed by atoms with E-state index in [9.17, 15) is 9.90 Å². The molecule has 3 aromatic rings. The molecule has 1 N–H and O–H groups in total. The van der Waals surface area contributed by atoms with E-state index in [1.54, 1.807) is 0 Å². The SMILES string of the molecule is CCCc1cc(-c2ccccc2)cc(-c2ccccc2)[n+]1CC(=O)O.[O-][Cl+3]([O-])([O-])[O-]. The second-order valence-electron chi connectivity index (χ2n) is 6.46. The zero-order chi connectivity index (χ0) is 22.1. The first-order chi connectivity index (χ1) is 14.2. The number of carboxylic acid groups (broad SMARTS) is 1. The van der Waals surface area contributed by atoms with Crippen molar-refractivity contribution >= 4 is 5.97 Å². The number of rotatable bonds is 6. The van der Waals surface area contributed by atoms with Crippen LogP contribution < -0.4 is 23.2 Å². The molecule has 0 saturated carbocycles. The van der Waals surface area contributed by atoms with Crippen LogP contribution in [0.15, 0.2) is 72.8 Å². The highest BCUT2D eigenvalue weighted by Gasteiger charge is 2.23. The normalized spacial score (nSPS) is 10.8. The predicted octanol–water partition coefficient (Wildman–Crippen LogP) is -0.411. The zero-order valence-corrected chi connectivity index (χ0v) is 17.1. The van der Waals surface area contributed by atoms with Crippen molar-refractivity contribution in [3.63, 3.8) is 0 Å². The summed E-state index contributed by atoms with van der Waals surface area (Å²) in [6, 6.07) is 24.4. The first-order valence-corrected chi connectivity index (χ1v) is 10.4. The molecule has 7 nitrogen and oxygen atoms in total. The number of pyridine rings is 1. The molecule has 0 aliphatic rings. The number of aromatic nitrogens is 1. The Morgan fingerprint density at radius 2 is 1.37 bits per heavy atom. The van der Waals surface area contributed by atoms with Crippen molar-refractivity contribution in [1.29, 1.82) is 0 Å². The van der Waals surface area contributed by atoms with E-state index in [1.165, 1.54) is 0 Å². The van der Waals surface area contributed by atoms with Gasteiger partial charge in [-0.1, -0.05) is 55.5 Å². The number of halogens is 1. The van der Waals surface area contributed by atoms with Crippen LogP contribution in [0.4, 0.5) is 0 Å². The maximum absolute atomic E-state index is 11.4. The minimum absolute atomic E-state index is 0.0331. The highest BCUT2D eigenvalue weighted by atomic mass is 35.7. The van der Waals surface area contributed by atoms with Crippen molar-refractivity contribution in [3.05, 3.63) is 78.5 Å². The average molecular weight is 432 g/mol. The van der Waals surface area contributed by atoms with Gasteiger partial charge in [0.1, 0.15) is 0 Å². The highest BCUT2D eigenvalue weighted by molar-refractivity contribution is 5.70. The van der Waals surface area contributed by atoms with Crippen LogP contribution in [0.25, 0.3) is 22.4 Å². The molecule has 30 heavy (non-hydrogen) atoms. The molecule has 0 aliphatic heterocycles. The number of nitrogens with zero attached hydrogens (tertiary/aromatic N) is 1. The molecule has 1 aromatic heterocycles. The van der Waals surface area contributed by atoms with Gasteiger partial charge in [-0.05, 0) is 29.7 Å². The fourth-order valence-electron chi connectivity index (χ4n) is 3.11. The number of benzene rings is 2. The van der Waals surface area contributed by atoms with Crippen LogP contribution in [0.2, 0.25) is 0 Å². The Bertz CT molecular complexity index is 953. The third kappa shape index (κ3) is 7.55. The Balaban J connectivity index is 0.000000575. The molecular weight excluding hydrogens is 410 g/mol. The second kappa shape index (κ2) is 10.8. The number of hydrogen-bond acceptors (Lipinski definition) is 5. The van der Waals surface area contributed by atoms with Crippen molar-refractivity contribution in [3.8, 4) is 22.4 Å². The molecule has 0 radical (unpaired) electrons. The Labute approximate surface area is 176 Å². The van der Waals surface area contributed by atoms with E-state index < -0.39 is 16.2 Å². The van der Waals surface area contributed by atoms with Gasteiger partial charge in [-0.2, -0.15) is 4.57 Å². The molecule has 1 heterocycles. The highest BCUT2D eigenvalue weighted by Crippen LogP contribution is 2.25. The van der Waals surface area contributed by atoms with E-state index in [4.69, 9.17) is 18.6 Å². The molecule has 0 spiro atoms. The largest absolute Gasteiger partial charge is 0.477 e. The summed E-state index contributed by atoms with van der Waals surface area (Å²) in [7, 11) is -4.94. The minimum atomic E-state index is -4.94. The maximum Gasteiger partial charge on any atom is 0.370 e. The third-order valence-electron chi connectivity index (χ3n) is 4.23. The number of aryl methyl sites for hydroxylation is 1. The van der Waals surface area contributed by atoms with Crippen molar-refractivity contribution < 1.29 is 43.3 Å². The second-order valence-corrected chi connectivity index (χ2v) is 7.22. The van der Waals surface area contributed by atoms with E-state index in [0.29, 0.717) is 0 Å². The van der Waals surface area contributed by atoms with Gasteiger partial charge >= 0.3 is 5.97 Å². The summed E-state index contributed by atoms with van der Waals surface area (Å²) < 4.78 is 35.9. The smallest absolute Gasteiger partial charge is 0.370 e. The van der Waals surface area contributed by atoms with Gasteiger partial charge in [0.25, 0.3) is 0 Å². The summed E-state index contributed by atoms with van der Waals surface area (Å²) in [6.45, 7) is 2.08. The van der Waals surface area contributed by atoms with Crippen LogP contribution in [0, 0.1) is 10.2 Å². The van der Waals surface area contributed by atoms with E-state index in [-0.39, 0.29) is 6.54 Å². The van der Waals surface area contributed by atoms with Gasteiger partial charge in [0, 0.05) is 24.1 Å². The quantitative estimate of drug-likeness (QED) is 0.527. The average Bonchev–Trinajstić information content (AvgIpc) is 2.69. The lowest BCUT2D eigenvalue weighted by Gasteiger charge is -2.17. The van der Waals surface area contributed by atoms with Crippen molar-refractivity contribution in [2.75, 3.05) is 0 Å². The molecule has 0 aliphatic carbocycles. The lowest BCUT2D eigenvalue weighted by atomic mass is 10.00. The third-order valence-corrected chi connectivity index (χ3v) is 4.23. The molecule has 0 fully saturated rings. The van der Waals surface area contributed by atoms with Crippen LogP contribution in [0.3, 0.4) is 0 Å². The number of carbonyl (C=O) groups is 1. The van der Waals surface area contributed by atoms with Crippen LogP contribution in [-0.2, 0) is 17.8 Å². The van der Waals surface area contributed by atoms with Gasteiger partial charge in [0.05, 0.1) is 0 Å². The monoisotopic (exact) mass is 431 g/mol. The van der Waals surface area contributed by atoms with Crippen LogP contribution in [0.5, 0.6) is 0 Å². The van der Waals surface area contributed by atoms with E-state index >= 15 is 0 Å². The number of hydrogen-bond donors (Lipinski definition) is 1. The first kappa shape index (κ1) is 23.5. The molecule has 0 unspecified atom stereocenters. The van der Waals surface area contributed by atoms with Crippen LogP contribution >= 0.6 is 0 Å². The fourth-order valence-corrected chi connectivity index (χ4v) is 3.11. The predicted molar refractivity (Wildman–Crippen MR) is 99.1 cm³/mol. The first-order valence-electron chi connectivity index (χ1n) is 9.20. The van der Waals surface area contributed by atoms with Gasteiger partial charge in [-0.15, -0.1) is 10.2 Å². The molecule has 158 valence electrons. The van der Waals surface area contributed by atoms with Gasteiger partial charge in [0.2, 0.25) is 12.2 Å². The number of aliphatic carboxylic acids is 1. The molecule has 0 atom stereocenters. The van der Waals surface area contributed by atoms with Crippen LogP contribution in [-0.4, -0.2) is 11.1 Å². The standard InChI is InChI=1S/C22H21NO2.ClHO4/c1-2-9-20-14-19(17-10-5-3-6-11-17)15-21(23(20)16-22(24)25)18-12-7-4-8-13-18;2-1(3,4)5/h3-8,10-15H,2,9,16H2,1H3;(H,2,3,4,5). The Kier molecular flexibility index (Phi) is 8.46.